The van der Waals surface area contributed by atoms with Gasteiger partial charge in [-0.05, 0) is 44.0 Å². The van der Waals surface area contributed by atoms with Crippen LogP contribution >= 0.6 is 0 Å². The Labute approximate surface area is 110 Å². The standard InChI is InChI=1S/C15H25N3/c1-18(2)10-9-17-15(11-16)14-7-5-13(6-8-14)12-3-4-12/h5-8,12,15,17H,3-4,9-11,16H2,1-2H3. The summed E-state index contributed by atoms with van der Waals surface area (Å²) in [6.45, 7) is 2.66. The van der Waals surface area contributed by atoms with Gasteiger partial charge in [-0.2, -0.15) is 0 Å². The van der Waals surface area contributed by atoms with Gasteiger partial charge in [0.2, 0.25) is 0 Å². The van der Waals surface area contributed by atoms with Crippen molar-refractivity contribution < 1.29 is 0 Å². The minimum atomic E-state index is 0.276. The molecule has 0 saturated heterocycles. The molecule has 0 bridgehead atoms. The van der Waals surface area contributed by atoms with Crippen LogP contribution in [-0.2, 0) is 0 Å². The van der Waals surface area contributed by atoms with E-state index in [9.17, 15) is 0 Å². The highest BCUT2D eigenvalue weighted by Crippen LogP contribution is 2.40. The fraction of sp³-hybridized carbons (Fsp3) is 0.600. The molecule has 0 amide bonds. The van der Waals surface area contributed by atoms with Gasteiger partial charge < -0.3 is 16.0 Å². The van der Waals surface area contributed by atoms with Crippen LogP contribution in [0.15, 0.2) is 24.3 Å². The minimum absolute atomic E-state index is 0.276. The van der Waals surface area contributed by atoms with Crippen LogP contribution in [0.25, 0.3) is 0 Å². The summed E-state index contributed by atoms with van der Waals surface area (Å²) < 4.78 is 0. The maximum Gasteiger partial charge on any atom is 0.0444 e. The summed E-state index contributed by atoms with van der Waals surface area (Å²) >= 11 is 0. The van der Waals surface area contributed by atoms with Crippen molar-refractivity contribution in [3.8, 4) is 0 Å². The van der Waals surface area contributed by atoms with Crippen molar-refractivity contribution in [2.45, 2.75) is 24.8 Å². The Morgan fingerprint density at radius 3 is 2.44 bits per heavy atom. The zero-order chi connectivity index (χ0) is 13.0. The fourth-order valence-electron chi connectivity index (χ4n) is 2.22. The lowest BCUT2D eigenvalue weighted by Crippen LogP contribution is -2.33. The number of hydrogen-bond acceptors (Lipinski definition) is 3. The maximum atomic E-state index is 5.86. The smallest absolute Gasteiger partial charge is 0.0444 e. The highest BCUT2D eigenvalue weighted by Gasteiger charge is 2.23. The van der Waals surface area contributed by atoms with Crippen molar-refractivity contribution >= 4 is 0 Å². The zero-order valence-electron chi connectivity index (χ0n) is 11.5. The molecule has 0 heterocycles. The van der Waals surface area contributed by atoms with E-state index in [4.69, 9.17) is 5.73 Å². The summed E-state index contributed by atoms with van der Waals surface area (Å²) in [5.41, 5.74) is 8.65. The Bertz CT molecular complexity index is 355. The lowest BCUT2D eigenvalue weighted by atomic mass is 10.0. The van der Waals surface area contributed by atoms with Crippen LogP contribution in [0.3, 0.4) is 0 Å². The quantitative estimate of drug-likeness (QED) is 0.771. The molecule has 0 radical (unpaired) electrons. The van der Waals surface area contributed by atoms with Crippen molar-refractivity contribution in [3.63, 3.8) is 0 Å². The van der Waals surface area contributed by atoms with Gasteiger partial charge in [0.05, 0.1) is 0 Å². The van der Waals surface area contributed by atoms with Gasteiger partial charge in [0.15, 0.2) is 0 Å². The molecule has 1 atom stereocenters. The van der Waals surface area contributed by atoms with E-state index < -0.39 is 0 Å². The molecule has 3 N–H and O–H groups in total. The Morgan fingerprint density at radius 2 is 1.94 bits per heavy atom. The Balaban J connectivity index is 1.89. The van der Waals surface area contributed by atoms with E-state index in [0.29, 0.717) is 6.54 Å². The molecule has 3 heteroatoms. The SMILES string of the molecule is CN(C)CCNC(CN)c1ccc(C2CC2)cc1. The van der Waals surface area contributed by atoms with E-state index in [2.05, 4.69) is 48.6 Å². The van der Waals surface area contributed by atoms with E-state index >= 15 is 0 Å². The molecule has 18 heavy (non-hydrogen) atoms. The van der Waals surface area contributed by atoms with Crippen molar-refractivity contribution in [3.05, 3.63) is 35.4 Å². The van der Waals surface area contributed by atoms with Gasteiger partial charge in [-0.1, -0.05) is 24.3 Å². The molecule has 2 rings (SSSR count). The van der Waals surface area contributed by atoms with Crippen molar-refractivity contribution in [2.24, 2.45) is 5.73 Å². The normalized spacial score (nSPS) is 17.1. The van der Waals surface area contributed by atoms with E-state index in [1.165, 1.54) is 24.0 Å². The fourth-order valence-corrected chi connectivity index (χ4v) is 2.22. The second-order valence-corrected chi connectivity index (χ2v) is 5.49. The highest BCUT2D eigenvalue weighted by atomic mass is 15.1. The molecule has 1 aliphatic rings. The molecule has 1 unspecified atom stereocenters. The van der Waals surface area contributed by atoms with Crippen LogP contribution in [0.1, 0.15) is 35.9 Å². The molecule has 1 aromatic carbocycles. The number of hydrogen-bond donors (Lipinski definition) is 2. The van der Waals surface area contributed by atoms with Gasteiger partial charge in [-0.3, -0.25) is 0 Å². The van der Waals surface area contributed by atoms with E-state index in [-0.39, 0.29) is 6.04 Å². The molecule has 1 aromatic rings. The van der Waals surface area contributed by atoms with Gasteiger partial charge in [0.25, 0.3) is 0 Å². The third-order valence-corrected chi connectivity index (χ3v) is 3.57. The first kappa shape index (κ1) is 13.5. The van der Waals surface area contributed by atoms with Crippen LogP contribution in [-0.4, -0.2) is 38.6 Å². The third-order valence-electron chi connectivity index (χ3n) is 3.57. The van der Waals surface area contributed by atoms with Crippen molar-refractivity contribution in [1.82, 2.24) is 10.2 Å². The third kappa shape index (κ3) is 3.80. The average molecular weight is 247 g/mol. The van der Waals surface area contributed by atoms with Gasteiger partial charge in [0, 0.05) is 25.7 Å². The lowest BCUT2D eigenvalue weighted by molar-refractivity contribution is 0.385. The summed E-state index contributed by atoms with van der Waals surface area (Å²) in [7, 11) is 4.17. The predicted molar refractivity (Wildman–Crippen MR) is 76.8 cm³/mol. The van der Waals surface area contributed by atoms with Crippen molar-refractivity contribution in [2.75, 3.05) is 33.7 Å². The lowest BCUT2D eigenvalue weighted by Gasteiger charge is -2.19. The minimum Gasteiger partial charge on any atom is -0.329 e. The van der Waals surface area contributed by atoms with Crippen LogP contribution < -0.4 is 11.1 Å². The predicted octanol–water partition coefficient (Wildman–Crippen LogP) is 1.72. The molecule has 0 aliphatic heterocycles. The molecule has 1 fully saturated rings. The summed E-state index contributed by atoms with van der Waals surface area (Å²) in [6.07, 6.45) is 2.72. The van der Waals surface area contributed by atoms with E-state index in [1.807, 2.05) is 0 Å². The van der Waals surface area contributed by atoms with Crippen LogP contribution in [0.4, 0.5) is 0 Å². The second-order valence-electron chi connectivity index (χ2n) is 5.49. The second kappa shape index (κ2) is 6.32. The Morgan fingerprint density at radius 1 is 1.28 bits per heavy atom. The van der Waals surface area contributed by atoms with Gasteiger partial charge in [-0.25, -0.2) is 0 Å². The number of nitrogens with two attached hydrogens (primary N) is 1. The van der Waals surface area contributed by atoms with Crippen LogP contribution in [0.5, 0.6) is 0 Å². The van der Waals surface area contributed by atoms with Crippen LogP contribution in [0.2, 0.25) is 0 Å². The summed E-state index contributed by atoms with van der Waals surface area (Å²) in [6, 6.07) is 9.27. The largest absolute Gasteiger partial charge is 0.329 e. The number of likely N-dealkylation sites (N-methyl/N-ethyl adjacent to an activating group) is 1. The first-order valence-electron chi connectivity index (χ1n) is 6.88. The molecule has 1 aliphatic carbocycles. The first-order valence-corrected chi connectivity index (χ1v) is 6.88. The van der Waals surface area contributed by atoms with Crippen molar-refractivity contribution in [1.29, 1.82) is 0 Å². The van der Waals surface area contributed by atoms with E-state index in [0.717, 1.165) is 19.0 Å². The molecule has 3 nitrogen and oxygen atoms in total. The Hall–Kier alpha value is -0.900. The zero-order valence-corrected chi connectivity index (χ0v) is 11.5. The summed E-state index contributed by atoms with van der Waals surface area (Å²) in [5.74, 6) is 0.831. The Kier molecular flexibility index (Phi) is 4.75. The van der Waals surface area contributed by atoms with Gasteiger partial charge in [-0.15, -0.1) is 0 Å². The maximum absolute atomic E-state index is 5.86. The molecule has 0 aromatic heterocycles. The monoisotopic (exact) mass is 247 g/mol. The molecular weight excluding hydrogens is 222 g/mol. The summed E-state index contributed by atoms with van der Waals surface area (Å²) in [4.78, 5) is 2.18. The highest BCUT2D eigenvalue weighted by molar-refractivity contribution is 5.29. The number of benzene rings is 1. The number of nitrogens with one attached hydrogen (secondary N) is 1. The first-order chi connectivity index (χ1) is 8.70. The van der Waals surface area contributed by atoms with Crippen LogP contribution in [0, 0.1) is 0 Å². The number of nitrogens with zero attached hydrogens (tertiary/aromatic N) is 1. The average Bonchev–Trinajstić information content (AvgIpc) is 3.19. The molecule has 100 valence electrons. The molecular formula is C15H25N3. The molecule has 1 saturated carbocycles. The van der Waals surface area contributed by atoms with E-state index in [1.54, 1.807) is 0 Å². The van der Waals surface area contributed by atoms with Gasteiger partial charge in [0.1, 0.15) is 0 Å². The topological polar surface area (TPSA) is 41.3 Å². The number of rotatable bonds is 7. The molecule has 0 spiro atoms. The van der Waals surface area contributed by atoms with Gasteiger partial charge >= 0.3 is 0 Å². The summed E-state index contributed by atoms with van der Waals surface area (Å²) in [5, 5.41) is 3.51.